The van der Waals surface area contributed by atoms with Gasteiger partial charge >= 0.3 is 0 Å². The number of ether oxygens (including phenoxy) is 1. The Morgan fingerprint density at radius 1 is 1.57 bits per heavy atom. The second-order valence-corrected chi connectivity index (χ2v) is 3.56. The summed E-state index contributed by atoms with van der Waals surface area (Å²) in [5.41, 5.74) is 2.18. The molecule has 0 saturated heterocycles. The zero-order chi connectivity index (χ0) is 10.6. The van der Waals surface area contributed by atoms with Crippen molar-refractivity contribution in [3.63, 3.8) is 0 Å². The summed E-state index contributed by atoms with van der Waals surface area (Å²) in [6, 6.07) is 2.05. The second kappa shape index (κ2) is 4.96. The van der Waals surface area contributed by atoms with Crippen LogP contribution in [-0.4, -0.2) is 23.3 Å². The van der Waals surface area contributed by atoms with E-state index in [1.54, 1.807) is 20.2 Å². The third kappa shape index (κ3) is 3.00. The van der Waals surface area contributed by atoms with Gasteiger partial charge in [0, 0.05) is 11.8 Å². The number of methoxy groups -OCH3 is 1. The predicted molar refractivity (Wildman–Crippen MR) is 55.5 cm³/mol. The molecule has 14 heavy (non-hydrogen) atoms. The maximum atomic E-state index is 9.14. The van der Waals surface area contributed by atoms with Crippen LogP contribution in [0.5, 0.6) is 5.88 Å². The summed E-state index contributed by atoms with van der Waals surface area (Å²) in [6.07, 6.45) is 3.18. The van der Waals surface area contributed by atoms with Gasteiger partial charge in [-0.3, -0.25) is 0 Å². The molecule has 1 rings (SSSR count). The van der Waals surface area contributed by atoms with Gasteiger partial charge in [0.1, 0.15) is 0 Å². The van der Waals surface area contributed by atoms with Gasteiger partial charge in [0.25, 0.3) is 0 Å². The Morgan fingerprint density at radius 3 is 2.79 bits per heavy atom. The van der Waals surface area contributed by atoms with Gasteiger partial charge in [-0.25, -0.2) is 4.98 Å². The van der Waals surface area contributed by atoms with Crippen LogP contribution >= 0.6 is 0 Å². The monoisotopic (exact) mass is 195 g/mol. The van der Waals surface area contributed by atoms with Gasteiger partial charge < -0.3 is 9.84 Å². The van der Waals surface area contributed by atoms with Crippen molar-refractivity contribution in [2.24, 2.45) is 0 Å². The van der Waals surface area contributed by atoms with E-state index in [1.165, 1.54) is 0 Å². The molecule has 0 spiro atoms. The zero-order valence-electron chi connectivity index (χ0n) is 8.95. The summed E-state index contributed by atoms with van der Waals surface area (Å²) >= 11 is 0. The molecule has 3 nitrogen and oxygen atoms in total. The van der Waals surface area contributed by atoms with Gasteiger partial charge in [0.15, 0.2) is 0 Å². The van der Waals surface area contributed by atoms with Gasteiger partial charge in [0.05, 0.1) is 13.2 Å². The minimum atomic E-state index is -0.252. The highest BCUT2D eigenvalue weighted by atomic mass is 16.5. The predicted octanol–water partition coefficient (Wildman–Crippen LogP) is 1.71. The number of aliphatic hydroxyl groups is 1. The first-order chi connectivity index (χ1) is 6.63. The van der Waals surface area contributed by atoms with Gasteiger partial charge in [-0.2, -0.15) is 0 Å². The number of hydrogen-bond acceptors (Lipinski definition) is 3. The number of rotatable bonds is 4. The van der Waals surface area contributed by atoms with Gasteiger partial charge in [-0.05, 0) is 38.3 Å². The number of pyridine rings is 1. The van der Waals surface area contributed by atoms with Gasteiger partial charge in [0.2, 0.25) is 5.88 Å². The third-order valence-electron chi connectivity index (χ3n) is 2.13. The van der Waals surface area contributed by atoms with Crippen LogP contribution in [0.2, 0.25) is 0 Å². The van der Waals surface area contributed by atoms with Crippen LogP contribution in [-0.2, 0) is 6.42 Å². The van der Waals surface area contributed by atoms with Crippen molar-refractivity contribution in [2.45, 2.75) is 32.8 Å². The van der Waals surface area contributed by atoms with E-state index < -0.39 is 0 Å². The Bertz CT molecular complexity index is 297. The Hall–Kier alpha value is -1.09. The molecule has 0 fully saturated rings. The first-order valence-electron chi connectivity index (χ1n) is 4.81. The molecule has 0 bridgehead atoms. The van der Waals surface area contributed by atoms with Crippen molar-refractivity contribution in [3.05, 3.63) is 23.4 Å². The molecule has 1 N–H and O–H groups in total. The van der Waals surface area contributed by atoms with E-state index in [1.807, 2.05) is 13.0 Å². The van der Waals surface area contributed by atoms with Crippen LogP contribution < -0.4 is 4.74 Å². The molecule has 78 valence electrons. The van der Waals surface area contributed by atoms with Crippen LogP contribution in [0.15, 0.2) is 12.3 Å². The van der Waals surface area contributed by atoms with Crippen molar-refractivity contribution in [1.29, 1.82) is 0 Å². The van der Waals surface area contributed by atoms with Crippen molar-refractivity contribution in [3.8, 4) is 5.88 Å². The van der Waals surface area contributed by atoms with Crippen molar-refractivity contribution in [2.75, 3.05) is 7.11 Å². The lowest BCUT2D eigenvalue weighted by molar-refractivity contribution is 0.185. The van der Waals surface area contributed by atoms with Crippen LogP contribution in [0, 0.1) is 6.92 Å². The average molecular weight is 195 g/mol. The topological polar surface area (TPSA) is 42.4 Å². The third-order valence-corrected chi connectivity index (χ3v) is 2.13. The maximum Gasteiger partial charge on any atom is 0.215 e. The van der Waals surface area contributed by atoms with Crippen molar-refractivity contribution in [1.82, 2.24) is 4.98 Å². The molecule has 0 aromatic carbocycles. The summed E-state index contributed by atoms with van der Waals surface area (Å²) in [5, 5.41) is 9.14. The molecule has 1 aromatic heterocycles. The minimum absolute atomic E-state index is 0.252. The number of hydrogen-bond donors (Lipinski definition) is 1. The highest BCUT2D eigenvalue weighted by Crippen LogP contribution is 2.15. The summed E-state index contributed by atoms with van der Waals surface area (Å²) in [7, 11) is 1.62. The summed E-state index contributed by atoms with van der Waals surface area (Å²) in [6.45, 7) is 3.77. The van der Waals surface area contributed by atoms with E-state index >= 15 is 0 Å². The molecule has 0 radical (unpaired) electrons. The van der Waals surface area contributed by atoms with Crippen LogP contribution in [0.25, 0.3) is 0 Å². The SMILES string of the molecule is COc1ncc(CCC(C)O)cc1C. The smallest absolute Gasteiger partial charge is 0.215 e. The fraction of sp³-hybridized carbons (Fsp3) is 0.545. The lowest BCUT2D eigenvalue weighted by atomic mass is 10.1. The highest BCUT2D eigenvalue weighted by Gasteiger charge is 2.02. The van der Waals surface area contributed by atoms with E-state index in [4.69, 9.17) is 9.84 Å². The highest BCUT2D eigenvalue weighted by molar-refractivity contribution is 5.28. The molecule has 1 unspecified atom stereocenters. The minimum Gasteiger partial charge on any atom is -0.481 e. The Kier molecular flexibility index (Phi) is 3.89. The van der Waals surface area contributed by atoms with Crippen LogP contribution in [0.4, 0.5) is 0 Å². The average Bonchev–Trinajstić information content (AvgIpc) is 2.15. The molecular weight excluding hydrogens is 178 g/mol. The Morgan fingerprint density at radius 2 is 2.29 bits per heavy atom. The fourth-order valence-electron chi connectivity index (χ4n) is 1.35. The first-order valence-corrected chi connectivity index (χ1v) is 4.81. The Balaban J connectivity index is 2.66. The quantitative estimate of drug-likeness (QED) is 0.795. The molecule has 0 aliphatic rings. The maximum absolute atomic E-state index is 9.14. The fourth-order valence-corrected chi connectivity index (χ4v) is 1.35. The van der Waals surface area contributed by atoms with Crippen LogP contribution in [0.3, 0.4) is 0 Å². The molecule has 3 heteroatoms. The molecule has 0 aliphatic carbocycles. The zero-order valence-corrected chi connectivity index (χ0v) is 8.95. The summed E-state index contributed by atoms with van der Waals surface area (Å²) in [5.74, 6) is 0.672. The molecule has 1 atom stereocenters. The second-order valence-electron chi connectivity index (χ2n) is 3.56. The largest absolute Gasteiger partial charge is 0.481 e. The Labute approximate surface area is 84.7 Å². The summed E-state index contributed by atoms with van der Waals surface area (Å²) < 4.78 is 5.07. The van der Waals surface area contributed by atoms with Crippen LogP contribution in [0.1, 0.15) is 24.5 Å². The standard InChI is InChI=1S/C11H17NO2/c1-8-6-10(5-4-9(2)13)7-12-11(8)14-3/h6-7,9,13H,4-5H2,1-3H3. The van der Waals surface area contributed by atoms with E-state index in [-0.39, 0.29) is 6.10 Å². The number of aryl methyl sites for hydroxylation is 2. The van der Waals surface area contributed by atoms with E-state index in [2.05, 4.69) is 4.98 Å². The normalized spacial score (nSPS) is 12.6. The van der Waals surface area contributed by atoms with Gasteiger partial charge in [-0.1, -0.05) is 0 Å². The van der Waals surface area contributed by atoms with E-state index in [0.717, 1.165) is 24.0 Å². The molecule has 0 amide bonds. The van der Waals surface area contributed by atoms with Crippen molar-refractivity contribution < 1.29 is 9.84 Å². The summed E-state index contributed by atoms with van der Waals surface area (Å²) in [4.78, 5) is 4.17. The van der Waals surface area contributed by atoms with E-state index in [9.17, 15) is 0 Å². The molecule has 0 aliphatic heterocycles. The van der Waals surface area contributed by atoms with Crippen molar-refractivity contribution >= 4 is 0 Å². The molecule has 0 saturated carbocycles. The number of aliphatic hydroxyl groups excluding tert-OH is 1. The molecule has 1 aromatic rings. The molecular formula is C11H17NO2. The lowest BCUT2D eigenvalue weighted by Crippen LogP contribution is -2.02. The first kappa shape index (κ1) is 11.0. The molecule has 1 heterocycles. The lowest BCUT2D eigenvalue weighted by Gasteiger charge is -2.07. The number of nitrogens with zero attached hydrogens (tertiary/aromatic N) is 1. The van der Waals surface area contributed by atoms with E-state index in [0.29, 0.717) is 5.88 Å². The number of aromatic nitrogens is 1. The van der Waals surface area contributed by atoms with Gasteiger partial charge in [-0.15, -0.1) is 0 Å².